The van der Waals surface area contributed by atoms with E-state index in [0.717, 1.165) is 16.3 Å². The van der Waals surface area contributed by atoms with Crippen LogP contribution in [-0.4, -0.2) is 8.42 Å². The molecular formula is C17H15NO2S. The third-order valence-corrected chi connectivity index (χ3v) is 4.85. The number of para-hydroxylation sites is 1. The summed E-state index contributed by atoms with van der Waals surface area (Å²) in [5.41, 5.74) is 1.49. The molecule has 0 aliphatic rings. The Bertz CT molecular complexity index is 896. The largest absolute Gasteiger partial charge is 0.279 e. The Kier molecular flexibility index (Phi) is 3.39. The Morgan fingerprint density at radius 2 is 1.48 bits per heavy atom. The molecule has 0 aromatic heterocycles. The maximum absolute atomic E-state index is 12.7. The van der Waals surface area contributed by atoms with Crippen molar-refractivity contribution >= 4 is 26.5 Å². The van der Waals surface area contributed by atoms with Crippen molar-refractivity contribution in [2.45, 2.75) is 11.8 Å². The number of nitrogens with one attached hydrogen (secondary N) is 1. The molecule has 0 bridgehead atoms. The van der Waals surface area contributed by atoms with E-state index in [1.54, 1.807) is 18.2 Å². The first-order chi connectivity index (χ1) is 10.1. The second-order valence-corrected chi connectivity index (χ2v) is 6.55. The van der Waals surface area contributed by atoms with Gasteiger partial charge in [0.25, 0.3) is 10.0 Å². The van der Waals surface area contributed by atoms with Crippen molar-refractivity contribution in [3.63, 3.8) is 0 Å². The molecule has 0 aliphatic heterocycles. The van der Waals surface area contributed by atoms with Crippen LogP contribution in [0.2, 0.25) is 0 Å². The van der Waals surface area contributed by atoms with Gasteiger partial charge in [-0.1, -0.05) is 54.6 Å². The van der Waals surface area contributed by atoms with Gasteiger partial charge in [-0.3, -0.25) is 4.72 Å². The minimum Gasteiger partial charge on any atom is -0.279 e. The molecule has 0 amide bonds. The minimum atomic E-state index is -3.61. The quantitative estimate of drug-likeness (QED) is 0.795. The number of anilines is 1. The molecule has 0 spiro atoms. The summed E-state index contributed by atoms with van der Waals surface area (Å²) in [5, 5.41) is 1.63. The van der Waals surface area contributed by atoms with E-state index in [4.69, 9.17) is 0 Å². The number of hydrogen-bond donors (Lipinski definition) is 1. The van der Waals surface area contributed by atoms with Crippen LogP contribution in [0.25, 0.3) is 10.8 Å². The van der Waals surface area contributed by atoms with E-state index in [1.165, 1.54) is 0 Å². The molecule has 3 aromatic carbocycles. The molecule has 0 atom stereocenters. The summed E-state index contributed by atoms with van der Waals surface area (Å²) in [6, 6.07) is 20.1. The monoisotopic (exact) mass is 297 g/mol. The van der Waals surface area contributed by atoms with Crippen LogP contribution in [0, 0.1) is 6.92 Å². The van der Waals surface area contributed by atoms with Crippen LogP contribution >= 0.6 is 0 Å². The van der Waals surface area contributed by atoms with Crippen LogP contribution in [0.3, 0.4) is 0 Å². The topological polar surface area (TPSA) is 46.2 Å². The zero-order valence-electron chi connectivity index (χ0n) is 11.6. The fourth-order valence-corrected chi connectivity index (χ4v) is 3.68. The van der Waals surface area contributed by atoms with Crippen molar-refractivity contribution in [1.82, 2.24) is 0 Å². The molecular weight excluding hydrogens is 282 g/mol. The van der Waals surface area contributed by atoms with Gasteiger partial charge in [-0.25, -0.2) is 8.42 Å². The average molecular weight is 297 g/mol. The van der Waals surface area contributed by atoms with Gasteiger partial charge in [0.15, 0.2) is 0 Å². The van der Waals surface area contributed by atoms with Crippen LogP contribution in [0.4, 0.5) is 5.69 Å². The van der Waals surface area contributed by atoms with Gasteiger partial charge in [0.2, 0.25) is 0 Å². The molecule has 0 unspecified atom stereocenters. The lowest BCUT2D eigenvalue weighted by atomic mass is 10.1. The summed E-state index contributed by atoms with van der Waals surface area (Å²) in [4.78, 5) is 0.295. The molecule has 0 saturated carbocycles. The molecule has 0 fully saturated rings. The third-order valence-electron chi connectivity index (χ3n) is 3.43. The second-order valence-electron chi connectivity index (χ2n) is 4.90. The summed E-state index contributed by atoms with van der Waals surface area (Å²) in [7, 11) is -3.61. The maximum atomic E-state index is 12.7. The van der Waals surface area contributed by atoms with Gasteiger partial charge in [0, 0.05) is 5.39 Å². The van der Waals surface area contributed by atoms with Gasteiger partial charge in [-0.2, -0.15) is 0 Å². The predicted octanol–water partition coefficient (Wildman–Crippen LogP) is 3.95. The smallest absolute Gasteiger partial charge is 0.262 e. The summed E-state index contributed by atoms with van der Waals surface area (Å²) < 4.78 is 28.0. The highest BCUT2D eigenvalue weighted by atomic mass is 32.2. The molecule has 4 heteroatoms. The number of benzene rings is 3. The number of sulfonamides is 1. The molecule has 3 rings (SSSR count). The standard InChI is InChI=1S/C17H15NO2S/c1-13-7-2-5-11-16(13)18-21(19,20)17-12-6-9-14-8-3-4-10-15(14)17/h2-12,18H,1H3. The Morgan fingerprint density at radius 3 is 2.29 bits per heavy atom. The van der Waals surface area contributed by atoms with Crippen molar-refractivity contribution in [2.75, 3.05) is 4.72 Å². The fraction of sp³-hybridized carbons (Fsp3) is 0.0588. The normalized spacial score (nSPS) is 11.5. The van der Waals surface area contributed by atoms with Gasteiger partial charge in [0.05, 0.1) is 10.6 Å². The van der Waals surface area contributed by atoms with Crippen LogP contribution in [0.1, 0.15) is 5.56 Å². The van der Waals surface area contributed by atoms with Crippen LogP contribution in [0.15, 0.2) is 71.6 Å². The summed E-state index contributed by atoms with van der Waals surface area (Å²) in [5.74, 6) is 0. The van der Waals surface area contributed by atoms with E-state index in [0.29, 0.717) is 10.6 Å². The molecule has 0 saturated heterocycles. The van der Waals surface area contributed by atoms with Crippen molar-refractivity contribution in [3.05, 3.63) is 72.3 Å². The highest BCUT2D eigenvalue weighted by Crippen LogP contribution is 2.25. The van der Waals surface area contributed by atoms with Gasteiger partial charge in [-0.15, -0.1) is 0 Å². The Labute approximate surface area is 124 Å². The number of aryl methyl sites for hydroxylation is 1. The SMILES string of the molecule is Cc1ccccc1NS(=O)(=O)c1cccc2ccccc12. The first kappa shape index (κ1) is 13.6. The molecule has 21 heavy (non-hydrogen) atoms. The molecule has 3 nitrogen and oxygen atoms in total. The lowest BCUT2D eigenvalue weighted by Gasteiger charge is -2.12. The predicted molar refractivity (Wildman–Crippen MR) is 85.9 cm³/mol. The summed E-state index contributed by atoms with van der Waals surface area (Å²) in [6.07, 6.45) is 0. The number of fused-ring (bicyclic) bond motifs is 1. The summed E-state index contributed by atoms with van der Waals surface area (Å²) >= 11 is 0. The Balaban J connectivity index is 2.11. The first-order valence-electron chi connectivity index (χ1n) is 6.64. The molecule has 0 heterocycles. The maximum Gasteiger partial charge on any atom is 0.262 e. The lowest BCUT2D eigenvalue weighted by molar-refractivity contribution is 0.602. The van der Waals surface area contributed by atoms with Crippen molar-refractivity contribution in [3.8, 4) is 0 Å². The van der Waals surface area contributed by atoms with Gasteiger partial charge in [0.1, 0.15) is 0 Å². The minimum absolute atomic E-state index is 0.295. The van der Waals surface area contributed by atoms with E-state index in [9.17, 15) is 8.42 Å². The average Bonchev–Trinajstić information content (AvgIpc) is 2.49. The Morgan fingerprint density at radius 1 is 0.810 bits per heavy atom. The Hall–Kier alpha value is -2.33. The van der Waals surface area contributed by atoms with Gasteiger partial charge in [-0.05, 0) is 30.0 Å². The lowest BCUT2D eigenvalue weighted by Crippen LogP contribution is -2.14. The van der Waals surface area contributed by atoms with E-state index in [1.807, 2.05) is 55.5 Å². The molecule has 0 radical (unpaired) electrons. The number of hydrogen-bond acceptors (Lipinski definition) is 2. The molecule has 106 valence electrons. The highest BCUT2D eigenvalue weighted by Gasteiger charge is 2.17. The highest BCUT2D eigenvalue weighted by molar-refractivity contribution is 7.93. The third kappa shape index (κ3) is 2.62. The molecule has 1 N–H and O–H groups in total. The van der Waals surface area contributed by atoms with E-state index in [2.05, 4.69) is 4.72 Å². The molecule has 3 aromatic rings. The summed E-state index contributed by atoms with van der Waals surface area (Å²) in [6.45, 7) is 1.88. The van der Waals surface area contributed by atoms with Crippen molar-refractivity contribution in [1.29, 1.82) is 0 Å². The molecule has 0 aliphatic carbocycles. The zero-order chi connectivity index (χ0) is 14.9. The van der Waals surface area contributed by atoms with Crippen LogP contribution < -0.4 is 4.72 Å². The van der Waals surface area contributed by atoms with Crippen molar-refractivity contribution < 1.29 is 8.42 Å². The van der Waals surface area contributed by atoms with Gasteiger partial charge < -0.3 is 0 Å². The van der Waals surface area contributed by atoms with E-state index < -0.39 is 10.0 Å². The zero-order valence-corrected chi connectivity index (χ0v) is 12.4. The number of rotatable bonds is 3. The van der Waals surface area contributed by atoms with Crippen LogP contribution in [0.5, 0.6) is 0 Å². The van der Waals surface area contributed by atoms with Crippen LogP contribution in [-0.2, 0) is 10.0 Å². The van der Waals surface area contributed by atoms with Crippen molar-refractivity contribution in [2.24, 2.45) is 0 Å². The first-order valence-corrected chi connectivity index (χ1v) is 8.12. The van der Waals surface area contributed by atoms with E-state index >= 15 is 0 Å². The fourth-order valence-electron chi connectivity index (χ4n) is 2.32. The van der Waals surface area contributed by atoms with Gasteiger partial charge >= 0.3 is 0 Å². The second kappa shape index (κ2) is 5.22. The van der Waals surface area contributed by atoms with E-state index in [-0.39, 0.29) is 0 Å².